The summed E-state index contributed by atoms with van der Waals surface area (Å²) in [6.45, 7) is 2.37. The highest BCUT2D eigenvalue weighted by atomic mass is 14.4. The van der Waals surface area contributed by atoms with Crippen molar-refractivity contribution in [1.29, 1.82) is 0 Å². The Labute approximate surface area is 159 Å². The van der Waals surface area contributed by atoms with Crippen molar-refractivity contribution in [2.24, 2.45) is 5.41 Å². The van der Waals surface area contributed by atoms with E-state index < -0.39 is 0 Å². The number of benzene rings is 2. The van der Waals surface area contributed by atoms with Crippen molar-refractivity contribution < 1.29 is 0 Å². The molecule has 2 aromatic carbocycles. The Morgan fingerprint density at radius 3 is 2.35 bits per heavy atom. The van der Waals surface area contributed by atoms with Gasteiger partial charge in [0, 0.05) is 0 Å². The third-order valence-electron chi connectivity index (χ3n) is 6.59. The lowest BCUT2D eigenvalue weighted by Crippen LogP contribution is -2.20. The van der Waals surface area contributed by atoms with Crippen molar-refractivity contribution in [3.63, 3.8) is 0 Å². The lowest BCUT2D eigenvalue weighted by Gasteiger charge is -2.33. The molecule has 2 aliphatic carbocycles. The summed E-state index contributed by atoms with van der Waals surface area (Å²) in [7, 11) is 0. The third kappa shape index (κ3) is 3.65. The highest BCUT2D eigenvalue weighted by Crippen LogP contribution is 2.46. The van der Waals surface area contributed by atoms with Crippen molar-refractivity contribution in [3.05, 3.63) is 65.2 Å². The molecule has 0 aliphatic heterocycles. The van der Waals surface area contributed by atoms with Gasteiger partial charge in [0.1, 0.15) is 0 Å². The topological polar surface area (TPSA) is 0 Å². The summed E-state index contributed by atoms with van der Waals surface area (Å²) in [6.07, 6.45) is 16.4. The predicted molar refractivity (Wildman–Crippen MR) is 113 cm³/mol. The molecule has 2 aliphatic rings. The van der Waals surface area contributed by atoms with Crippen LogP contribution in [0.1, 0.15) is 75.8 Å². The highest BCUT2D eigenvalue weighted by molar-refractivity contribution is 5.80. The Morgan fingerprint density at radius 2 is 1.62 bits per heavy atom. The van der Waals surface area contributed by atoms with Crippen LogP contribution < -0.4 is 0 Å². The molecule has 136 valence electrons. The molecular formula is C26H32. The minimum absolute atomic E-state index is 0.575. The first kappa shape index (κ1) is 17.6. The SMILES string of the molecule is CCCC1(CC2=Cc3c(cccc3-c3ccccc3)C2)CCCCCC1. The normalized spacial score (nSPS) is 18.9. The Hall–Kier alpha value is -1.82. The van der Waals surface area contributed by atoms with Gasteiger partial charge in [0.2, 0.25) is 0 Å². The summed E-state index contributed by atoms with van der Waals surface area (Å²) in [4.78, 5) is 0. The van der Waals surface area contributed by atoms with Crippen LogP contribution in [-0.2, 0) is 6.42 Å². The van der Waals surface area contributed by atoms with Gasteiger partial charge in [-0.25, -0.2) is 0 Å². The summed E-state index contributed by atoms with van der Waals surface area (Å²) in [5.41, 5.74) is 8.02. The van der Waals surface area contributed by atoms with E-state index in [4.69, 9.17) is 0 Å². The van der Waals surface area contributed by atoms with E-state index in [1.807, 2.05) is 0 Å². The maximum Gasteiger partial charge on any atom is -0.00574 e. The summed E-state index contributed by atoms with van der Waals surface area (Å²) in [5, 5.41) is 0. The van der Waals surface area contributed by atoms with Gasteiger partial charge in [-0.1, -0.05) is 99.2 Å². The molecule has 0 aromatic heterocycles. The monoisotopic (exact) mass is 344 g/mol. The molecule has 0 N–H and O–H groups in total. The second-order valence-electron chi connectivity index (χ2n) is 8.56. The molecule has 0 unspecified atom stereocenters. The zero-order valence-corrected chi connectivity index (χ0v) is 16.3. The van der Waals surface area contributed by atoms with Crippen molar-refractivity contribution in [2.75, 3.05) is 0 Å². The molecule has 0 radical (unpaired) electrons. The fraction of sp³-hybridized carbons (Fsp3) is 0.462. The molecule has 0 spiro atoms. The lowest BCUT2D eigenvalue weighted by molar-refractivity contribution is 0.217. The Bertz CT molecular complexity index is 758. The largest absolute Gasteiger partial charge is 0.0654 e. The van der Waals surface area contributed by atoms with Crippen LogP contribution in [0.5, 0.6) is 0 Å². The van der Waals surface area contributed by atoms with E-state index in [2.05, 4.69) is 61.5 Å². The van der Waals surface area contributed by atoms with Crippen LogP contribution in [0.3, 0.4) is 0 Å². The molecule has 1 fully saturated rings. The molecule has 0 atom stereocenters. The van der Waals surface area contributed by atoms with Crippen LogP contribution in [0.4, 0.5) is 0 Å². The maximum atomic E-state index is 2.54. The number of rotatable bonds is 5. The standard InChI is InChI=1S/C26H32/c1-2-15-26(16-8-3-4-9-17-26)20-21-18-23-13-10-14-24(25(23)19-21)22-11-6-5-7-12-22/h5-7,10-14,19H,2-4,8-9,15-18,20H2,1H3. The molecule has 26 heavy (non-hydrogen) atoms. The van der Waals surface area contributed by atoms with E-state index in [0.29, 0.717) is 5.41 Å². The Morgan fingerprint density at radius 1 is 0.846 bits per heavy atom. The van der Waals surface area contributed by atoms with Crippen LogP contribution in [0.25, 0.3) is 17.2 Å². The van der Waals surface area contributed by atoms with E-state index in [1.54, 1.807) is 5.57 Å². The second kappa shape index (κ2) is 7.82. The van der Waals surface area contributed by atoms with Gasteiger partial charge in [-0.15, -0.1) is 0 Å². The number of hydrogen-bond donors (Lipinski definition) is 0. The first-order valence-corrected chi connectivity index (χ1v) is 10.7. The van der Waals surface area contributed by atoms with Gasteiger partial charge < -0.3 is 0 Å². The Balaban J connectivity index is 1.62. The van der Waals surface area contributed by atoms with E-state index in [0.717, 1.165) is 0 Å². The smallest absolute Gasteiger partial charge is 0.00574 e. The summed E-state index contributed by atoms with van der Waals surface area (Å²) >= 11 is 0. The molecule has 0 heterocycles. The first-order valence-electron chi connectivity index (χ1n) is 10.7. The van der Waals surface area contributed by atoms with Crippen molar-refractivity contribution in [2.45, 2.75) is 71.1 Å². The molecule has 0 amide bonds. The van der Waals surface area contributed by atoms with Crippen LogP contribution in [0.2, 0.25) is 0 Å². The Kier molecular flexibility index (Phi) is 5.29. The fourth-order valence-corrected chi connectivity index (χ4v) is 5.43. The number of allylic oxidation sites excluding steroid dienone is 1. The molecule has 0 saturated heterocycles. The van der Waals surface area contributed by atoms with Gasteiger partial charge in [0.25, 0.3) is 0 Å². The summed E-state index contributed by atoms with van der Waals surface area (Å²) in [6, 6.07) is 17.8. The van der Waals surface area contributed by atoms with E-state index in [-0.39, 0.29) is 0 Å². The highest BCUT2D eigenvalue weighted by Gasteiger charge is 2.32. The molecule has 2 aromatic rings. The maximum absolute atomic E-state index is 2.54. The van der Waals surface area contributed by atoms with Crippen molar-refractivity contribution in [1.82, 2.24) is 0 Å². The average molecular weight is 345 g/mol. The van der Waals surface area contributed by atoms with Crippen LogP contribution in [0, 0.1) is 5.41 Å². The zero-order valence-electron chi connectivity index (χ0n) is 16.3. The van der Waals surface area contributed by atoms with Crippen LogP contribution in [0.15, 0.2) is 54.1 Å². The second-order valence-corrected chi connectivity index (χ2v) is 8.56. The average Bonchev–Trinajstić information content (AvgIpc) is 2.93. The minimum atomic E-state index is 0.575. The van der Waals surface area contributed by atoms with Crippen molar-refractivity contribution >= 4 is 6.08 Å². The van der Waals surface area contributed by atoms with Crippen LogP contribution >= 0.6 is 0 Å². The van der Waals surface area contributed by atoms with E-state index in [9.17, 15) is 0 Å². The number of hydrogen-bond acceptors (Lipinski definition) is 0. The lowest BCUT2D eigenvalue weighted by atomic mass is 9.72. The number of fused-ring (bicyclic) bond motifs is 1. The van der Waals surface area contributed by atoms with E-state index >= 15 is 0 Å². The molecule has 0 heteroatoms. The first-order chi connectivity index (χ1) is 12.8. The van der Waals surface area contributed by atoms with Gasteiger partial charge in [0.05, 0.1) is 0 Å². The third-order valence-corrected chi connectivity index (χ3v) is 6.59. The quantitative estimate of drug-likeness (QED) is 0.485. The minimum Gasteiger partial charge on any atom is -0.0654 e. The molecule has 0 nitrogen and oxygen atoms in total. The van der Waals surface area contributed by atoms with Gasteiger partial charge in [-0.2, -0.15) is 0 Å². The summed E-state index contributed by atoms with van der Waals surface area (Å²) < 4.78 is 0. The van der Waals surface area contributed by atoms with E-state index in [1.165, 1.54) is 86.5 Å². The zero-order chi connectivity index (χ0) is 17.8. The van der Waals surface area contributed by atoms with Gasteiger partial charge in [-0.3, -0.25) is 0 Å². The predicted octanol–water partition coefficient (Wildman–Crippen LogP) is 7.82. The molecule has 0 bridgehead atoms. The molecule has 4 rings (SSSR count). The summed E-state index contributed by atoms with van der Waals surface area (Å²) in [5.74, 6) is 0. The fourth-order valence-electron chi connectivity index (χ4n) is 5.43. The van der Waals surface area contributed by atoms with Crippen LogP contribution in [-0.4, -0.2) is 0 Å². The molecule has 1 saturated carbocycles. The van der Waals surface area contributed by atoms with Gasteiger partial charge >= 0.3 is 0 Å². The van der Waals surface area contributed by atoms with Gasteiger partial charge in [-0.05, 0) is 59.8 Å². The molecular weight excluding hydrogens is 312 g/mol. The van der Waals surface area contributed by atoms with Gasteiger partial charge in [0.15, 0.2) is 0 Å². The van der Waals surface area contributed by atoms with Crippen molar-refractivity contribution in [3.8, 4) is 11.1 Å².